The first-order valence-electron chi connectivity index (χ1n) is 12.0. The Morgan fingerprint density at radius 2 is 1.94 bits per heavy atom. The molecule has 1 saturated carbocycles. The fraction of sp³-hybridized carbons (Fsp3) is 0.458. The maximum atomic E-state index is 12.9. The molecule has 2 bridgehead atoms. The van der Waals surface area contributed by atoms with Gasteiger partial charge in [0.2, 0.25) is 5.95 Å². The van der Waals surface area contributed by atoms with E-state index in [-0.39, 0.29) is 23.7 Å². The zero-order valence-corrected chi connectivity index (χ0v) is 18.8. The number of anilines is 2. The second-order valence-electron chi connectivity index (χ2n) is 9.48. The third-order valence-electron chi connectivity index (χ3n) is 7.30. The van der Waals surface area contributed by atoms with Crippen molar-refractivity contribution in [2.45, 2.75) is 56.7 Å². The highest BCUT2D eigenvalue weighted by Crippen LogP contribution is 2.33. The molecule has 2 aliphatic heterocycles. The van der Waals surface area contributed by atoms with Crippen molar-refractivity contribution in [1.29, 1.82) is 0 Å². The van der Waals surface area contributed by atoms with Gasteiger partial charge in [-0.1, -0.05) is 19.3 Å². The minimum Gasteiger partial charge on any atom is -0.477 e. The van der Waals surface area contributed by atoms with Crippen LogP contribution in [0.5, 0.6) is 0 Å². The Bertz CT molecular complexity index is 1250. The highest BCUT2D eigenvalue weighted by molar-refractivity contribution is 5.95. The quantitative estimate of drug-likeness (QED) is 0.530. The molecule has 0 spiro atoms. The average molecular weight is 462 g/mol. The van der Waals surface area contributed by atoms with Crippen molar-refractivity contribution < 1.29 is 14.7 Å². The highest BCUT2D eigenvalue weighted by Gasteiger charge is 2.40. The number of carboxylic acid groups (broad SMARTS) is 1. The van der Waals surface area contributed by atoms with Crippen LogP contribution in [-0.2, 0) is 0 Å². The largest absolute Gasteiger partial charge is 0.477 e. The summed E-state index contributed by atoms with van der Waals surface area (Å²) in [4.78, 5) is 40.1. The van der Waals surface area contributed by atoms with Crippen LogP contribution in [0.15, 0.2) is 30.6 Å². The molecule has 34 heavy (non-hydrogen) atoms. The van der Waals surface area contributed by atoms with Crippen molar-refractivity contribution in [3.05, 3.63) is 41.9 Å². The fourth-order valence-electron chi connectivity index (χ4n) is 5.63. The average Bonchev–Trinajstić information content (AvgIpc) is 3.59. The van der Waals surface area contributed by atoms with E-state index < -0.39 is 5.97 Å². The van der Waals surface area contributed by atoms with Gasteiger partial charge < -0.3 is 25.2 Å². The summed E-state index contributed by atoms with van der Waals surface area (Å²) in [5.74, 6) is -0.0805. The Balaban J connectivity index is 1.24. The van der Waals surface area contributed by atoms with Crippen LogP contribution in [0.2, 0.25) is 0 Å². The van der Waals surface area contributed by atoms with Crippen molar-refractivity contribution in [2.24, 2.45) is 0 Å². The van der Waals surface area contributed by atoms with Gasteiger partial charge in [-0.2, -0.15) is 4.98 Å². The molecule has 3 fully saturated rings. The molecule has 176 valence electrons. The normalized spacial score (nSPS) is 22.4. The maximum Gasteiger partial charge on any atom is 0.352 e. The SMILES string of the molecule is O=C(O)c1cc2cnc(Nc3ccc(C(=O)N4CC5CC4CN5)cn3)nc2n1C1CCCCC1. The first kappa shape index (κ1) is 21.0. The van der Waals surface area contributed by atoms with Crippen molar-refractivity contribution in [1.82, 2.24) is 29.7 Å². The van der Waals surface area contributed by atoms with Gasteiger partial charge >= 0.3 is 5.97 Å². The van der Waals surface area contributed by atoms with Gasteiger partial charge in [0.15, 0.2) is 0 Å². The van der Waals surface area contributed by atoms with Crippen molar-refractivity contribution >= 4 is 34.7 Å². The standard InChI is InChI=1S/C24H27N7O3/c32-22(30-13-16-9-18(30)12-25-16)14-6-7-20(26-10-14)28-24-27-11-15-8-19(23(33)34)31(21(15)29-24)17-4-2-1-3-5-17/h6-8,10-11,16-18,25H,1-5,9,12-13H2,(H,33,34)(H,26,27,28,29). The first-order chi connectivity index (χ1) is 16.6. The Morgan fingerprint density at radius 3 is 2.62 bits per heavy atom. The van der Waals surface area contributed by atoms with E-state index in [1.165, 1.54) is 6.42 Å². The monoisotopic (exact) mass is 461 g/mol. The predicted octanol–water partition coefficient (Wildman–Crippen LogP) is 2.96. The summed E-state index contributed by atoms with van der Waals surface area (Å²) in [5.41, 5.74) is 1.43. The molecule has 3 aromatic rings. The second-order valence-corrected chi connectivity index (χ2v) is 9.48. The highest BCUT2D eigenvalue weighted by atomic mass is 16.4. The Morgan fingerprint density at radius 1 is 1.09 bits per heavy atom. The van der Waals surface area contributed by atoms with Crippen LogP contribution in [0.4, 0.5) is 11.8 Å². The zero-order valence-electron chi connectivity index (χ0n) is 18.8. The van der Waals surface area contributed by atoms with Gasteiger partial charge in [-0.3, -0.25) is 4.79 Å². The molecular weight excluding hydrogens is 434 g/mol. The minimum atomic E-state index is -0.956. The Kier molecular flexibility index (Phi) is 5.17. The molecule has 1 aliphatic carbocycles. The summed E-state index contributed by atoms with van der Waals surface area (Å²) in [5, 5.41) is 17.0. The molecule has 3 N–H and O–H groups in total. The fourth-order valence-corrected chi connectivity index (χ4v) is 5.63. The van der Waals surface area contributed by atoms with Crippen molar-refractivity contribution in [3.63, 3.8) is 0 Å². The molecule has 2 atom stereocenters. The molecule has 6 rings (SSSR count). The van der Waals surface area contributed by atoms with Gasteiger partial charge in [0, 0.05) is 49.0 Å². The van der Waals surface area contributed by atoms with E-state index in [2.05, 4.69) is 25.6 Å². The van der Waals surface area contributed by atoms with Crippen LogP contribution < -0.4 is 10.6 Å². The summed E-state index contributed by atoms with van der Waals surface area (Å²) in [6.07, 6.45) is 9.49. The molecule has 3 aromatic heterocycles. The van der Waals surface area contributed by atoms with Gasteiger partial charge in [-0.25, -0.2) is 14.8 Å². The molecular formula is C24H27N7O3. The van der Waals surface area contributed by atoms with E-state index in [0.717, 1.165) is 45.2 Å². The topological polar surface area (TPSA) is 125 Å². The Labute approximate surface area is 196 Å². The molecule has 3 aliphatic rings. The van der Waals surface area contributed by atoms with Crippen LogP contribution in [0.25, 0.3) is 11.0 Å². The molecule has 10 heteroatoms. The van der Waals surface area contributed by atoms with Crippen LogP contribution in [0.3, 0.4) is 0 Å². The Hall–Kier alpha value is -3.53. The summed E-state index contributed by atoms with van der Waals surface area (Å²) < 4.78 is 1.86. The minimum absolute atomic E-state index is 0.0113. The lowest BCUT2D eigenvalue weighted by molar-refractivity contribution is 0.0679. The van der Waals surface area contributed by atoms with E-state index in [0.29, 0.717) is 34.4 Å². The number of piperazine rings is 1. The van der Waals surface area contributed by atoms with E-state index in [9.17, 15) is 14.7 Å². The number of carbonyl (C=O) groups is 2. The van der Waals surface area contributed by atoms with E-state index in [1.54, 1.807) is 30.6 Å². The second kappa shape index (κ2) is 8.35. The summed E-state index contributed by atoms with van der Waals surface area (Å²) in [6.45, 7) is 1.60. The number of hydrogen-bond acceptors (Lipinski definition) is 7. The summed E-state index contributed by atoms with van der Waals surface area (Å²) >= 11 is 0. The molecule has 0 aromatic carbocycles. The lowest BCUT2D eigenvalue weighted by Gasteiger charge is -2.27. The smallest absolute Gasteiger partial charge is 0.352 e. The number of pyridine rings is 1. The van der Waals surface area contributed by atoms with Crippen molar-refractivity contribution in [2.75, 3.05) is 18.4 Å². The van der Waals surface area contributed by atoms with E-state index >= 15 is 0 Å². The maximum absolute atomic E-state index is 12.9. The molecule has 10 nitrogen and oxygen atoms in total. The van der Waals surface area contributed by atoms with Gasteiger partial charge in [0.1, 0.15) is 17.2 Å². The number of hydrogen-bond donors (Lipinski definition) is 3. The number of nitrogens with zero attached hydrogens (tertiary/aromatic N) is 5. The van der Waals surface area contributed by atoms with Gasteiger partial charge in [0.25, 0.3) is 5.91 Å². The molecule has 0 radical (unpaired) electrons. The van der Waals surface area contributed by atoms with Gasteiger partial charge in [-0.05, 0) is 37.5 Å². The van der Waals surface area contributed by atoms with Crippen molar-refractivity contribution in [3.8, 4) is 0 Å². The van der Waals surface area contributed by atoms with Crippen LogP contribution in [0.1, 0.15) is 65.4 Å². The number of carbonyl (C=O) groups excluding carboxylic acids is 1. The van der Waals surface area contributed by atoms with Gasteiger partial charge in [-0.15, -0.1) is 0 Å². The third-order valence-corrected chi connectivity index (χ3v) is 7.30. The molecule has 1 amide bonds. The zero-order chi connectivity index (χ0) is 23.2. The summed E-state index contributed by atoms with van der Waals surface area (Å²) in [6, 6.07) is 5.96. The number of carboxylic acids is 1. The number of aromatic nitrogens is 4. The number of aromatic carboxylic acids is 1. The predicted molar refractivity (Wildman–Crippen MR) is 125 cm³/mol. The third kappa shape index (κ3) is 3.67. The van der Waals surface area contributed by atoms with Crippen LogP contribution in [-0.4, -0.2) is 66.6 Å². The molecule has 5 heterocycles. The number of fused-ring (bicyclic) bond motifs is 3. The van der Waals surface area contributed by atoms with Crippen LogP contribution >= 0.6 is 0 Å². The first-order valence-corrected chi connectivity index (χ1v) is 12.0. The number of likely N-dealkylation sites (tertiary alicyclic amines) is 1. The number of nitrogens with one attached hydrogen (secondary N) is 2. The van der Waals surface area contributed by atoms with E-state index in [4.69, 9.17) is 0 Å². The lowest BCUT2D eigenvalue weighted by Crippen LogP contribution is -2.46. The van der Waals surface area contributed by atoms with Crippen LogP contribution in [0, 0.1) is 0 Å². The number of rotatable bonds is 5. The summed E-state index contributed by atoms with van der Waals surface area (Å²) in [7, 11) is 0. The van der Waals surface area contributed by atoms with Gasteiger partial charge in [0.05, 0.1) is 5.56 Å². The molecule has 2 saturated heterocycles. The molecule has 2 unspecified atom stereocenters. The number of amides is 1. The van der Waals surface area contributed by atoms with E-state index in [1.807, 2.05) is 9.47 Å². The lowest BCUT2D eigenvalue weighted by atomic mass is 9.95.